The Balaban J connectivity index is 2.02. The van der Waals surface area contributed by atoms with Gasteiger partial charge in [0.2, 0.25) is 0 Å². The zero-order chi connectivity index (χ0) is 20.5. The highest BCUT2D eigenvalue weighted by Gasteiger charge is 2.36. The largest absolute Gasteiger partial charge is 0.367 e. The molecule has 0 aliphatic carbocycles. The van der Waals surface area contributed by atoms with Gasteiger partial charge in [-0.15, -0.1) is 0 Å². The normalized spacial score (nSPS) is 13.4. The minimum Gasteiger partial charge on any atom is -0.367 e. The van der Waals surface area contributed by atoms with Crippen molar-refractivity contribution < 1.29 is 9.18 Å². The third-order valence-electron chi connectivity index (χ3n) is 5.70. The SMILES string of the molecule is CCCCCCCCCCCCCCCCC(F)(Cc1ccccc1)C(N)=O. The molecule has 1 unspecified atom stereocenters. The lowest BCUT2D eigenvalue weighted by molar-refractivity contribution is -0.130. The van der Waals surface area contributed by atoms with Crippen molar-refractivity contribution in [3.63, 3.8) is 0 Å². The Morgan fingerprint density at radius 1 is 0.786 bits per heavy atom. The fourth-order valence-corrected chi connectivity index (χ4v) is 3.82. The second kappa shape index (κ2) is 15.5. The van der Waals surface area contributed by atoms with Gasteiger partial charge in [-0.2, -0.15) is 0 Å². The van der Waals surface area contributed by atoms with Gasteiger partial charge < -0.3 is 5.73 Å². The minimum atomic E-state index is -1.92. The van der Waals surface area contributed by atoms with E-state index in [0.717, 1.165) is 24.8 Å². The van der Waals surface area contributed by atoms with E-state index in [1.165, 1.54) is 70.6 Å². The van der Waals surface area contributed by atoms with Gasteiger partial charge in [-0.1, -0.05) is 121 Å². The lowest BCUT2D eigenvalue weighted by Crippen LogP contribution is -2.41. The van der Waals surface area contributed by atoms with Crippen LogP contribution in [-0.4, -0.2) is 11.6 Å². The van der Waals surface area contributed by atoms with Crippen molar-refractivity contribution in [1.82, 2.24) is 0 Å². The number of benzene rings is 1. The number of primary amides is 1. The van der Waals surface area contributed by atoms with Crippen LogP contribution in [0.2, 0.25) is 0 Å². The van der Waals surface area contributed by atoms with Gasteiger partial charge in [0.15, 0.2) is 5.67 Å². The molecule has 1 aromatic rings. The number of nitrogens with two attached hydrogens (primary N) is 1. The monoisotopic (exact) mass is 391 g/mol. The van der Waals surface area contributed by atoms with Gasteiger partial charge in [-0.25, -0.2) is 4.39 Å². The number of alkyl halides is 1. The number of amides is 1. The molecule has 0 spiro atoms. The fraction of sp³-hybridized carbons (Fsp3) is 0.720. The first-order chi connectivity index (χ1) is 13.6. The molecule has 3 heteroatoms. The van der Waals surface area contributed by atoms with Gasteiger partial charge in [0.1, 0.15) is 0 Å². The Hall–Kier alpha value is -1.38. The number of carbonyl (C=O) groups is 1. The molecule has 0 aromatic heterocycles. The summed E-state index contributed by atoms with van der Waals surface area (Å²) >= 11 is 0. The van der Waals surface area contributed by atoms with Crippen LogP contribution in [0.15, 0.2) is 30.3 Å². The molecule has 0 saturated heterocycles. The van der Waals surface area contributed by atoms with Crippen LogP contribution in [-0.2, 0) is 11.2 Å². The van der Waals surface area contributed by atoms with Crippen LogP contribution in [0.25, 0.3) is 0 Å². The van der Waals surface area contributed by atoms with E-state index in [-0.39, 0.29) is 12.8 Å². The van der Waals surface area contributed by atoms with Gasteiger partial charge in [0, 0.05) is 6.42 Å². The highest BCUT2D eigenvalue weighted by Crippen LogP contribution is 2.25. The third-order valence-corrected chi connectivity index (χ3v) is 5.70. The van der Waals surface area contributed by atoms with E-state index in [0.29, 0.717) is 0 Å². The van der Waals surface area contributed by atoms with Crippen LogP contribution >= 0.6 is 0 Å². The van der Waals surface area contributed by atoms with Gasteiger partial charge in [0.25, 0.3) is 5.91 Å². The molecule has 0 aliphatic heterocycles. The van der Waals surface area contributed by atoms with Gasteiger partial charge in [0.05, 0.1) is 0 Å². The van der Waals surface area contributed by atoms with E-state index >= 15 is 0 Å². The van der Waals surface area contributed by atoms with Crippen molar-refractivity contribution in [2.75, 3.05) is 0 Å². The Morgan fingerprint density at radius 3 is 1.64 bits per heavy atom. The molecule has 1 amide bonds. The molecule has 160 valence electrons. The van der Waals surface area contributed by atoms with E-state index in [4.69, 9.17) is 5.73 Å². The molecule has 28 heavy (non-hydrogen) atoms. The van der Waals surface area contributed by atoms with Crippen LogP contribution in [0.5, 0.6) is 0 Å². The maximum atomic E-state index is 15.0. The Bertz CT molecular complexity index is 505. The second-order valence-electron chi connectivity index (χ2n) is 8.34. The molecule has 1 aromatic carbocycles. The average Bonchev–Trinajstić information content (AvgIpc) is 2.69. The van der Waals surface area contributed by atoms with Crippen molar-refractivity contribution >= 4 is 5.91 Å². The van der Waals surface area contributed by atoms with E-state index in [1.807, 2.05) is 30.3 Å². The summed E-state index contributed by atoms with van der Waals surface area (Å²) < 4.78 is 15.0. The van der Waals surface area contributed by atoms with E-state index in [2.05, 4.69) is 6.92 Å². The van der Waals surface area contributed by atoms with E-state index in [1.54, 1.807) is 0 Å². The van der Waals surface area contributed by atoms with Gasteiger partial charge >= 0.3 is 0 Å². The number of halogens is 1. The van der Waals surface area contributed by atoms with Crippen molar-refractivity contribution in [3.05, 3.63) is 35.9 Å². The molecule has 0 fully saturated rings. The lowest BCUT2D eigenvalue weighted by Gasteiger charge is -2.22. The fourth-order valence-electron chi connectivity index (χ4n) is 3.82. The van der Waals surface area contributed by atoms with E-state index < -0.39 is 11.6 Å². The zero-order valence-corrected chi connectivity index (χ0v) is 18.1. The number of unbranched alkanes of at least 4 members (excludes halogenated alkanes) is 13. The molecule has 0 aliphatic rings. The first-order valence-electron chi connectivity index (χ1n) is 11.6. The zero-order valence-electron chi connectivity index (χ0n) is 18.1. The maximum Gasteiger partial charge on any atom is 0.255 e. The number of carbonyl (C=O) groups excluding carboxylic acids is 1. The summed E-state index contributed by atoms with van der Waals surface area (Å²) in [6, 6.07) is 9.32. The first-order valence-corrected chi connectivity index (χ1v) is 11.6. The molecule has 0 saturated carbocycles. The number of hydrogen-bond donors (Lipinski definition) is 1. The van der Waals surface area contributed by atoms with Crippen molar-refractivity contribution in [2.24, 2.45) is 5.73 Å². The highest BCUT2D eigenvalue weighted by molar-refractivity contribution is 5.83. The number of hydrogen-bond acceptors (Lipinski definition) is 1. The minimum absolute atomic E-state index is 0.0849. The molecule has 0 heterocycles. The Kier molecular flexibility index (Phi) is 13.7. The smallest absolute Gasteiger partial charge is 0.255 e. The second-order valence-corrected chi connectivity index (χ2v) is 8.34. The summed E-state index contributed by atoms with van der Waals surface area (Å²) in [5.41, 5.74) is 4.27. The quantitative estimate of drug-likeness (QED) is 0.262. The van der Waals surface area contributed by atoms with E-state index in [9.17, 15) is 9.18 Å². The Morgan fingerprint density at radius 2 is 1.21 bits per heavy atom. The molecule has 2 N–H and O–H groups in total. The van der Waals surface area contributed by atoms with Gasteiger partial charge in [-0.3, -0.25) is 4.79 Å². The highest BCUT2D eigenvalue weighted by atomic mass is 19.1. The number of rotatable bonds is 18. The van der Waals surface area contributed by atoms with Crippen LogP contribution < -0.4 is 5.73 Å². The summed E-state index contributed by atoms with van der Waals surface area (Å²) in [4.78, 5) is 11.6. The molecular weight excluding hydrogens is 349 g/mol. The molecule has 1 rings (SSSR count). The Labute approximate surface area is 172 Å². The molecule has 0 radical (unpaired) electrons. The first kappa shape index (κ1) is 24.7. The summed E-state index contributed by atoms with van der Waals surface area (Å²) in [5, 5.41) is 0. The van der Waals surface area contributed by atoms with Crippen LogP contribution in [0.1, 0.15) is 109 Å². The summed E-state index contributed by atoms with van der Waals surface area (Å²) in [5.74, 6) is -0.828. The summed E-state index contributed by atoms with van der Waals surface area (Å²) in [6.07, 6.45) is 18.0. The molecular formula is C25H42FNO. The standard InChI is InChI=1S/C25H42FNO/c1-2-3-4-5-6-7-8-9-10-11-12-13-14-18-21-25(26,24(27)28)22-23-19-16-15-17-20-23/h15-17,19-20H,2-14,18,21-22H2,1H3,(H2,27,28). The summed E-state index contributed by atoms with van der Waals surface area (Å²) in [6.45, 7) is 2.26. The molecule has 2 nitrogen and oxygen atoms in total. The van der Waals surface area contributed by atoms with Crippen molar-refractivity contribution in [1.29, 1.82) is 0 Å². The van der Waals surface area contributed by atoms with Crippen LogP contribution in [0.3, 0.4) is 0 Å². The maximum absolute atomic E-state index is 15.0. The predicted octanol–water partition coefficient (Wildman–Crippen LogP) is 7.29. The third kappa shape index (κ3) is 11.5. The van der Waals surface area contributed by atoms with Crippen molar-refractivity contribution in [3.8, 4) is 0 Å². The molecule has 1 atom stereocenters. The average molecular weight is 392 g/mol. The van der Waals surface area contributed by atoms with Gasteiger partial charge in [-0.05, 0) is 18.4 Å². The molecule has 0 bridgehead atoms. The predicted molar refractivity (Wildman–Crippen MR) is 118 cm³/mol. The van der Waals surface area contributed by atoms with Crippen LogP contribution in [0.4, 0.5) is 4.39 Å². The summed E-state index contributed by atoms with van der Waals surface area (Å²) in [7, 11) is 0. The lowest BCUT2D eigenvalue weighted by atomic mass is 9.90. The topological polar surface area (TPSA) is 43.1 Å². The van der Waals surface area contributed by atoms with Crippen molar-refractivity contribution in [2.45, 2.75) is 115 Å². The van der Waals surface area contributed by atoms with Crippen LogP contribution in [0, 0.1) is 0 Å².